The van der Waals surface area contributed by atoms with E-state index in [1.807, 2.05) is 0 Å². The third-order valence-corrected chi connectivity index (χ3v) is 4.53. The van der Waals surface area contributed by atoms with Crippen molar-refractivity contribution in [3.05, 3.63) is 0 Å². The highest BCUT2D eigenvalue weighted by atomic mass is 16.2. The summed E-state index contributed by atoms with van der Waals surface area (Å²) in [4.78, 5) is 17.3. The average Bonchev–Trinajstić information content (AvgIpc) is 2.40. The van der Waals surface area contributed by atoms with Crippen molar-refractivity contribution < 1.29 is 4.79 Å². The van der Waals surface area contributed by atoms with Crippen LogP contribution in [0.5, 0.6) is 0 Å². The van der Waals surface area contributed by atoms with Gasteiger partial charge in [0.05, 0.1) is 5.41 Å². The molecule has 2 rings (SSSR count). The molecule has 0 radical (unpaired) electrons. The van der Waals surface area contributed by atoms with Gasteiger partial charge in [0.1, 0.15) is 0 Å². The first-order valence-electron chi connectivity index (χ1n) is 7.36. The Hall–Kier alpha value is -0.610. The largest absolute Gasteiger partial charge is 0.340 e. The van der Waals surface area contributed by atoms with Crippen LogP contribution in [0.3, 0.4) is 0 Å². The number of carbonyl (C=O) groups excluding carboxylic acids is 1. The Kier molecular flexibility index (Phi) is 4.62. The Balaban J connectivity index is 2.03. The molecule has 2 saturated heterocycles. The third-order valence-electron chi connectivity index (χ3n) is 4.53. The van der Waals surface area contributed by atoms with Crippen LogP contribution < -0.4 is 5.32 Å². The zero-order valence-corrected chi connectivity index (χ0v) is 11.9. The molecule has 0 aromatic heterocycles. The molecule has 2 aliphatic heterocycles. The number of hydrogen-bond acceptors (Lipinski definition) is 3. The number of carbonyl (C=O) groups is 1. The molecule has 1 N–H and O–H groups in total. The number of nitrogens with zero attached hydrogens (tertiary/aromatic N) is 2. The van der Waals surface area contributed by atoms with E-state index in [4.69, 9.17) is 0 Å². The van der Waals surface area contributed by atoms with E-state index in [2.05, 4.69) is 29.1 Å². The van der Waals surface area contributed by atoms with Crippen LogP contribution >= 0.6 is 0 Å². The zero-order valence-electron chi connectivity index (χ0n) is 11.9. The summed E-state index contributed by atoms with van der Waals surface area (Å²) in [6, 6.07) is 0. The third kappa shape index (κ3) is 2.86. The quantitative estimate of drug-likeness (QED) is 0.813. The highest BCUT2D eigenvalue weighted by Gasteiger charge is 2.41. The molecule has 0 atom stereocenters. The number of piperidine rings is 1. The molecule has 0 spiro atoms. The van der Waals surface area contributed by atoms with E-state index in [0.717, 1.165) is 65.0 Å². The fraction of sp³-hybridized carbons (Fsp3) is 0.929. The Morgan fingerprint density at radius 3 is 2.33 bits per heavy atom. The predicted octanol–water partition coefficient (Wildman–Crippen LogP) is 0.930. The van der Waals surface area contributed by atoms with Crippen molar-refractivity contribution in [2.75, 3.05) is 46.3 Å². The van der Waals surface area contributed by atoms with Crippen molar-refractivity contribution in [2.45, 2.75) is 32.6 Å². The number of hydrogen-bond donors (Lipinski definition) is 1. The maximum Gasteiger partial charge on any atom is 0.228 e. The second kappa shape index (κ2) is 6.02. The molecule has 2 heterocycles. The lowest BCUT2D eigenvalue weighted by Crippen LogP contribution is -2.54. The van der Waals surface area contributed by atoms with Gasteiger partial charge in [-0.2, -0.15) is 0 Å². The first kappa shape index (κ1) is 13.8. The maximum atomic E-state index is 12.9. The van der Waals surface area contributed by atoms with Gasteiger partial charge in [0.15, 0.2) is 0 Å². The van der Waals surface area contributed by atoms with Crippen LogP contribution in [0.15, 0.2) is 0 Å². The highest BCUT2D eigenvalue weighted by Crippen LogP contribution is 2.36. The lowest BCUT2D eigenvalue weighted by molar-refractivity contribution is -0.146. The minimum Gasteiger partial charge on any atom is -0.340 e. The Bertz CT molecular complexity index is 273. The Morgan fingerprint density at radius 2 is 1.78 bits per heavy atom. The van der Waals surface area contributed by atoms with Gasteiger partial charge in [0.2, 0.25) is 5.91 Å². The normalized spacial score (nSPS) is 25.1. The monoisotopic (exact) mass is 253 g/mol. The van der Waals surface area contributed by atoms with E-state index in [1.54, 1.807) is 0 Å². The summed E-state index contributed by atoms with van der Waals surface area (Å²) < 4.78 is 0. The van der Waals surface area contributed by atoms with E-state index < -0.39 is 0 Å². The Labute approximate surface area is 111 Å². The molecular formula is C14H27N3O. The number of rotatable bonds is 3. The fourth-order valence-electron chi connectivity index (χ4n) is 3.30. The molecule has 104 valence electrons. The summed E-state index contributed by atoms with van der Waals surface area (Å²) >= 11 is 0. The van der Waals surface area contributed by atoms with Crippen molar-refractivity contribution in [1.29, 1.82) is 0 Å². The molecule has 2 aliphatic rings. The number of likely N-dealkylation sites (N-methyl/N-ethyl adjacent to an activating group) is 1. The van der Waals surface area contributed by atoms with Gasteiger partial charge in [0, 0.05) is 26.2 Å². The van der Waals surface area contributed by atoms with Crippen LogP contribution in [0, 0.1) is 5.41 Å². The molecule has 0 aliphatic carbocycles. The molecular weight excluding hydrogens is 226 g/mol. The van der Waals surface area contributed by atoms with Crippen LogP contribution in [0.2, 0.25) is 0 Å². The van der Waals surface area contributed by atoms with E-state index in [1.165, 1.54) is 0 Å². The fourth-order valence-corrected chi connectivity index (χ4v) is 3.30. The number of amides is 1. The molecule has 0 aromatic carbocycles. The maximum absolute atomic E-state index is 12.9. The SMILES string of the molecule is CCCC1(C(=O)N2CCN(C)CC2)CCNCC1. The van der Waals surface area contributed by atoms with E-state index in [9.17, 15) is 4.79 Å². The number of nitrogens with one attached hydrogen (secondary N) is 1. The molecule has 18 heavy (non-hydrogen) atoms. The van der Waals surface area contributed by atoms with Crippen molar-refractivity contribution in [3.8, 4) is 0 Å². The van der Waals surface area contributed by atoms with Gasteiger partial charge >= 0.3 is 0 Å². The van der Waals surface area contributed by atoms with Gasteiger partial charge < -0.3 is 15.1 Å². The highest BCUT2D eigenvalue weighted by molar-refractivity contribution is 5.83. The molecule has 0 saturated carbocycles. The van der Waals surface area contributed by atoms with E-state index in [-0.39, 0.29) is 5.41 Å². The molecule has 0 aromatic rings. The minimum absolute atomic E-state index is 0.0596. The molecule has 0 bridgehead atoms. The lowest BCUT2D eigenvalue weighted by atomic mass is 9.74. The molecule has 0 unspecified atom stereocenters. The summed E-state index contributed by atoms with van der Waals surface area (Å²) in [5.41, 5.74) is -0.0596. The first-order chi connectivity index (χ1) is 8.68. The molecule has 1 amide bonds. The summed E-state index contributed by atoms with van der Waals surface area (Å²) in [7, 11) is 2.13. The van der Waals surface area contributed by atoms with Gasteiger partial charge in [-0.15, -0.1) is 0 Å². The van der Waals surface area contributed by atoms with Crippen molar-refractivity contribution in [3.63, 3.8) is 0 Å². The second-order valence-corrected chi connectivity index (χ2v) is 5.88. The van der Waals surface area contributed by atoms with E-state index >= 15 is 0 Å². The Morgan fingerprint density at radius 1 is 1.17 bits per heavy atom. The van der Waals surface area contributed by atoms with Crippen LogP contribution in [-0.4, -0.2) is 62.0 Å². The van der Waals surface area contributed by atoms with Gasteiger partial charge in [0.25, 0.3) is 0 Å². The van der Waals surface area contributed by atoms with Gasteiger partial charge in [-0.25, -0.2) is 0 Å². The molecule has 2 fully saturated rings. The zero-order chi connectivity index (χ0) is 13.0. The summed E-state index contributed by atoms with van der Waals surface area (Å²) in [5, 5.41) is 3.38. The van der Waals surface area contributed by atoms with Gasteiger partial charge in [-0.1, -0.05) is 13.3 Å². The predicted molar refractivity (Wildman–Crippen MR) is 73.5 cm³/mol. The van der Waals surface area contributed by atoms with E-state index in [0.29, 0.717) is 5.91 Å². The minimum atomic E-state index is -0.0596. The average molecular weight is 253 g/mol. The molecule has 4 heteroatoms. The van der Waals surface area contributed by atoms with Crippen LogP contribution in [0.1, 0.15) is 32.6 Å². The standard InChI is InChI=1S/C14H27N3O/c1-3-4-14(5-7-15-8-6-14)13(18)17-11-9-16(2)10-12-17/h15H,3-12H2,1-2H3. The lowest BCUT2D eigenvalue weighted by Gasteiger charge is -2.42. The second-order valence-electron chi connectivity index (χ2n) is 5.88. The smallest absolute Gasteiger partial charge is 0.228 e. The van der Waals surface area contributed by atoms with Crippen LogP contribution in [0.4, 0.5) is 0 Å². The van der Waals surface area contributed by atoms with Gasteiger partial charge in [-0.3, -0.25) is 4.79 Å². The topological polar surface area (TPSA) is 35.6 Å². The summed E-state index contributed by atoms with van der Waals surface area (Å²) in [5.74, 6) is 0.430. The van der Waals surface area contributed by atoms with Crippen LogP contribution in [0.25, 0.3) is 0 Å². The summed E-state index contributed by atoms with van der Waals surface area (Å²) in [6.07, 6.45) is 4.21. The van der Waals surface area contributed by atoms with Crippen molar-refractivity contribution in [1.82, 2.24) is 15.1 Å². The van der Waals surface area contributed by atoms with Gasteiger partial charge in [-0.05, 0) is 39.4 Å². The summed E-state index contributed by atoms with van der Waals surface area (Å²) in [6.45, 7) is 8.06. The first-order valence-corrected chi connectivity index (χ1v) is 7.36. The van der Waals surface area contributed by atoms with Crippen molar-refractivity contribution >= 4 is 5.91 Å². The van der Waals surface area contributed by atoms with Crippen LogP contribution in [-0.2, 0) is 4.79 Å². The van der Waals surface area contributed by atoms with Crippen molar-refractivity contribution in [2.24, 2.45) is 5.41 Å². The number of piperazine rings is 1. The molecule has 4 nitrogen and oxygen atoms in total.